The van der Waals surface area contributed by atoms with Gasteiger partial charge in [-0.2, -0.15) is 0 Å². The number of benzene rings is 3. The van der Waals surface area contributed by atoms with Crippen molar-refractivity contribution >= 4 is 0 Å². The van der Waals surface area contributed by atoms with Crippen LogP contribution in [0.15, 0.2) is 84.9 Å². The molecule has 0 heteroatoms. The van der Waals surface area contributed by atoms with Crippen LogP contribution < -0.4 is 0 Å². The normalized spacial score (nSPS) is 11.0. The van der Waals surface area contributed by atoms with E-state index in [-0.39, 0.29) is 10.8 Å². The number of rotatable bonds is 2. The molecule has 0 atom stereocenters. The molecule has 0 saturated heterocycles. The van der Waals surface area contributed by atoms with Crippen molar-refractivity contribution in [2.24, 2.45) is 0 Å². The maximum absolute atomic E-state index is 3.42. The van der Waals surface area contributed by atoms with Crippen molar-refractivity contribution in [2.45, 2.75) is 38.5 Å². The third-order valence-corrected chi connectivity index (χ3v) is 4.91. The van der Waals surface area contributed by atoms with Crippen molar-refractivity contribution in [1.29, 1.82) is 0 Å². The fourth-order valence-electron chi connectivity index (χ4n) is 2.95. The minimum absolute atomic E-state index is 0.214. The van der Waals surface area contributed by atoms with Crippen LogP contribution in [0, 0.1) is 23.7 Å². The Labute approximate surface area is 169 Å². The zero-order valence-electron chi connectivity index (χ0n) is 17.1. The molecule has 3 rings (SSSR count). The van der Waals surface area contributed by atoms with Crippen LogP contribution in [0.1, 0.15) is 49.9 Å². The summed E-state index contributed by atoms with van der Waals surface area (Å²) in [5.41, 5.74) is 4.09. The number of hydrogen-bond donors (Lipinski definition) is 0. The van der Waals surface area contributed by atoms with Gasteiger partial charge in [0.2, 0.25) is 0 Å². The highest BCUT2D eigenvalue weighted by molar-refractivity contribution is 5.44. The second-order valence-electron chi connectivity index (χ2n) is 8.06. The van der Waals surface area contributed by atoms with Crippen molar-refractivity contribution in [3.05, 3.63) is 107 Å². The lowest BCUT2D eigenvalue weighted by molar-refractivity contribution is 0.682. The molecule has 0 aliphatic rings. The summed E-state index contributed by atoms with van der Waals surface area (Å²) in [5.74, 6) is 13.4. The van der Waals surface area contributed by atoms with E-state index in [9.17, 15) is 0 Å². The zero-order chi connectivity index (χ0) is 20.0. The van der Waals surface area contributed by atoms with Gasteiger partial charge in [0.05, 0.1) is 10.8 Å². The van der Waals surface area contributed by atoms with E-state index >= 15 is 0 Å². The molecule has 0 aromatic heterocycles. The average Bonchev–Trinajstić information content (AvgIpc) is 2.73. The van der Waals surface area contributed by atoms with E-state index in [4.69, 9.17) is 0 Å². The summed E-state index contributed by atoms with van der Waals surface area (Å²) < 4.78 is 0. The highest BCUT2D eigenvalue weighted by Gasteiger charge is 2.21. The predicted molar refractivity (Wildman–Crippen MR) is 119 cm³/mol. The van der Waals surface area contributed by atoms with Gasteiger partial charge >= 0.3 is 0 Å². The molecular formula is C28H26. The molecule has 0 aliphatic carbocycles. The zero-order valence-corrected chi connectivity index (χ0v) is 17.1. The van der Waals surface area contributed by atoms with Crippen LogP contribution >= 0.6 is 0 Å². The van der Waals surface area contributed by atoms with Crippen LogP contribution in [0.25, 0.3) is 0 Å². The molecule has 0 radical (unpaired) electrons. The van der Waals surface area contributed by atoms with Gasteiger partial charge in [0.25, 0.3) is 0 Å². The van der Waals surface area contributed by atoms with Gasteiger partial charge < -0.3 is 0 Å². The van der Waals surface area contributed by atoms with Gasteiger partial charge in [0.1, 0.15) is 0 Å². The molecule has 3 aromatic carbocycles. The molecule has 28 heavy (non-hydrogen) atoms. The average molecular weight is 363 g/mol. The molecule has 3 aromatic rings. The highest BCUT2D eigenvalue weighted by atomic mass is 14.2. The van der Waals surface area contributed by atoms with Gasteiger partial charge in [-0.05, 0) is 63.1 Å². The van der Waals surface area contributed by atoms with E-state index in [2.05, 4.69) is 75.6 Å². The lowest BCUT2D eigenvalue weighted by Gasteiger charge is -2.22. The lowest BCUT2D eigenvalue weighted by atomic mass is 9.80. The predicted octanol–water partition coefficient (Wildman–Crippen LogP) is 6.35. The van der Waals surface area contributed by atoms with Gasteiger partial charge in [-0.15, -0.1) is 0 Å². The Kier molecular flexibility index (Phi) is 5.73. The van der Waals surface area contributed by atoms with E-state index in [1.165, 1.54) is 11.1 Å². The molecule has 0 bridgehead atoms. The van der Waals surface area contributed by atoms with Gasteiger partial charge in [0, 0.05) is 11.1 Å². The van der Waals surface area contributed by atoms with Crippen LogP contribution in [0.3, 0.4) is 0 Å². The summed E-state index contributed by atoms with van der Waals surface area (Å²) in [4.78, 5) is 0. The Morgan fingerprint density at radius 3 is 1.11 bits per heavy atom. The van der Waals surface area contributed by atoms with Crippen LogP contribution in [-0.4, -0.2) is 0 Å². The second kappa shape index (κ2) is 8.21. The Balaban J connectivity index is 1.81. The molecule has 0 saturated carbocycles. The monoisotopic (exact) mass is 362 g/mol. The third kappa shape index (κ3) is 4.94. The van der Waals surface area contributed by atoms with Gasteiger partial charge in [-0.25, -0.2) is 0 Å². The SMILES string of the molecule is CC(C)(C#Cc1ccccc1)c1ccc(C(C)(C)C#Cc2ccccc2)cc1. The van der Waals surface area contributed by atoms with Crippen molar-refractivity contribution in [3.8, 4) is 23.7 Å². The van der Waals surface area contributed by atoms with Crippen LogP contribution in [0.2, 0.25) is 0 Å². The quantitative estimate of drug-likeness (QED) is 0.466. The largest absolute Gasteiger partial charge is 0.0869 e. The first-order valence-corrected chi connectivity index (χ1v) is 9.64. The fraction of sp³-hybridized carbons (Fsp3) is 0.214. The van der Waals surface area contributed by atoms with E-state index in [1.807, 2.05) is 60.7 Å². The molecule has 0 amide bonds. The van der Waals surface area contributed by atoms with Crippen molar-refractivity contribution < 1.29 is 0 Å². The molecule has 0 fully saturated rings. The molecule has 0 heterocycles. The van der Waals surface area contributed by atoms with Gasteiger partial charge in [-0.3, -0.25) is 0 Å². The van der Waals surface area contributed by atoms with Crippen LogP contribution in [0.4, 0.5) is 0 Å². The molecular weight excluding hydrogens is 336 g/mol. The second-order valence-corrected chi connectivity index (χ2v) is 8.06. The van der Waals surface area contributed by atoms with E-state index in [1.54, 1.807) is 0 Å². The summed E-state index contributed by atoms with van der Waals surface area (Å²) in [6.07, 6.45) is 0. The summed E-state index contributed by atoms with van der Waals surface area (Å²) in [5, 5.41) is 0. The maximum Gasteiger partial charge on any atom is 0.0510 e. The molecule has 0 N–H and O–H groups in total. The molecule has 0 unspecified atom stereocenters. The summed E-state index contributed by atoms with van der Waals surface area (Å²) in [7, 11) is 0. The number of hydrogen-bond acceptors (Lipinski definition) is 0. The highest BCUT2D eigenvalue weighted by Crippen LogP contribution is 2.27. The first kappa shape index (κ1) is 19.5. The smallest absolute Gasteiger partial charge is 0.0510 e. The van der Waals surface area contributed by atoms with Crippen LogP contribution in [0.5, 0.6) is 0 Å². The topological polar surface area (TPSA) is 0 Å². The van der Waals surface area contributed by atoms with Gasteiger partial charge in [-0.1, -0.05) is 84.3 Å². The van der Waals surface area contributed by atoms with E-state index in [0.717, 1.165) is 11.1 Å². The van der Waals surface area contributed by atoms with Crippen LogP contribution in [-0.2, 0) is 10.8 Å². The Morgan fingerprint density at radius 1 is 0.464 bits per heavy atom. The Bertz CT molecular complexity index is 941. The first-order chi connectivity index (χ1) is 13.4. The fourth-order valence-corrected chi connectivity index (χ4v) is 2.95. The van der Waals surface area contributed by atoms with Crippen molar-refractivity contribution in [1.82, 2.24) is 0 Å². The minimum atomic E-state index is -0.214. The molecule has 0 spiro atoms. The summed E-state index contributed by atoms with van der Waals surface area (Å²) in [6, 6.07) is 29.0. The third-order valence-electron chi connectivity index (χ3n) is 4.91. The van der Waals surface area contributed by atoms with Gasteiger partial charge in [0.15, 0.2) is 0 Å². The van der Waals surface area contributed by atoms with Crippen molar-refractivity contribution in [3.63, 3.8) is 0 Å². The maximum atomic E-state index is 3.42. The lowest BCUT2D eigenvalue weighted by Crippen LogP contribution is -2.17. The van der Waals surface area contributed by atoms with E-state index < -0.39 is 0 Å². The first-order valence-electron chi connectivity index (χ1n) is 9.64. The van der Waals surface area contributed by atoms with E-state index in [0.29, 0.717) is 0 Å². The molecule has 0 aliphatic heterocycles. The Morgan fingerprint density at radius 2 is 0.786 bits per heavy atom. The van der Waals surface area contributed by atoms with Crippen molar-refractivity contribution in [2.75, 3.05) is 0 Å². The molecule has 138 valence electrons. The summed E-state index contributed by atoms with van der Waals surface area (Å²) in [6.45, 7) is 8.66. The minimum Gasteiger partial charge on any atom is -0.0869 e. The summed E-state index contributed by atoms with van der Waals surface area (Å²) >= 11 is 0. The standard InChI is InChI=1S/C28H26/c1-27(2,21-19-23-11-7-5-8-12-23)25-15-17-26(18-16-25)28(3,4)22-20-24-13-9-6-10-14-24/h5-18H,1-4H3. The Hall–Kier alpha value is -3.22. The molecule has 0 nitrogen and oxygen atoms in total.